The summed E-state index contributed by atoms with van der Waals surface area (Å²) >= 11 is 3.96. The minimum Gasteiger partial charge on any atom is -0.477 e. The molecule has 0 radical (unpaired) electrons. The fraction of sp³-hybridized carbons (Fsp3) is 0.739. The summed E-state index contributed by atoms with van der Waals surface area (Å²) in [5.74, 6) is 2.61. The van der Waals surface area contributed by atoms with Gasteiger partial charge < -0.3 is 19.5 Å². The zero-order chi connectivity index (χ0) is 23.1. The molecule has 0 aromatic carbocycles. The summed E-state index contributed by atoms with van der Waals surface area (Å²) in [6, 6.07) is 0. The molecule has 2 aliphatic rings. The van der Waals surface area contributed by atoms with Gasteiger partial charge in [-0.05, 0) is 70.8 Å². The van der Waals surface area contributed by atoms with Crippen molar-refractivity contribution in [2.75, 3.05) is 38.2 Å². The van der Waals surface area contributed by atoms with E-state index in [2.05, 4.69) is 12.8 Å². The van der Waals surface area contributed by atoms with Gasteiger partial charge in [-0.1, -0.05) is 12.2 Å². The van der Waals surface area contributed by atoms with Crippen molar-refractivity contribution in [3.8, 4) is 0 Å². The number of carbonyl (C=O) groups is 1. The molecule has 0 spiro atoms. The van der Waals surface area contributed by atoms with Gasteiger partial charge in [0.2, 0.25) is 6.20 Å². The number of amides is 1. The van der Waals surface area contributed by atoms with Crippen molar-refractivity contribution in [2.24, 2.45) is 5.92 Å². The van der Waals surface area contributed by atoms with Crippen LogP contribution in [0.1, 0.15) is 53.4 Å². The first-order chi connectivity index (χ1) is 14.5. The Kier molecular flexibility index (Phi) is 9.67. The zero-order valence-electron chi connectivity index (χ0n) is 19.7. The maximum absolute atomic E-state index is 12.4. The van der Waals surface area contributed by atoms with Crippen molar-refractivity contribution in [3.05, 3.63) is 24.3 Å². The number of thioether (sulfide) groups is 2. The fourth-order valence-electron chi connectivity index (χ4n) is 3.76. The van der Waals surface area contributed by atoms with E-state index in [9.17, 15) is 9.90 Å². The standard InChI is InChI=1S/C23H38N2O4S2/c1-7-28-20(26)16-24(6)17-23(30-13-8-14-31-23)11-9-19-10-12-25(15-18(19)2)21(27)29-22(3,4)5/h16-17,19H,2,7-15H2,1,3-6H3/p+1/b20-16+,24-17?/t19-/m1/s1. The second-order valence-corrected chi connectivity index (χ2v) is 12.3. The lowest BCUT2D eigenvalue weighted by Crippen LogP contribution is -2.43. The van der Waals surface area contributed by atoms with Crippen LogP contribution >= 0.6 is 23.5 Å². The van der Waals surface area contributed by atoms with E-state index in [1.54, 1.807) is 11.1 Å². The highest BCUT2D eigenvalue weighted by Crippen LogP contribution is 2.45. The molecule has 2 saturated heterocycles. The van der Waals surface area contributed by atoms with E-state index < -0.39 is 5.60 Å². The quantitative estimate of drug-likeness (QED) is 0.237. The summed E-state index contributed by atoms with van der Waals surface area (Å²) in [7, 11) is 1.94. The highest BCUT2D eigenvalue weighted by atomic mass is 32.2. The average molecular weight is 472 g/mol. The van der Waals surface area contributed by atoms with Gasteiger partial charge in [0.25, 0.3) is 0 Å². The molecule has 0 aliphatic carbocycles. The van der Waals surface area contributed by atoms with Gasteiger partial charge in [-0.2, -0.15) is 0 Å². The Hall–Kier alpha value is -1.28. The van der Waals surface area contributed by atoms with Crippen LogP contribution in [-0.4, -0.2) is 74.8 Å². The molecule has 0 saturated carbocycles. The predicted octanol–water partition coefficient (Wildman–Crippen LogP) is 5.25. The average Bonchev–Trinajstić information content (AvgIpc) is 2.66. The molecule has 176 valence electrons. The Labute approximate surface area is 196 Å². The van der Waals surface area contributed by atoms with Gasteiger partial charge in [0.05, 0.1) is 6.61 Å². The highest BCUT2D eigenvalue weighted by Gasteiger charge is 2.37. The molecule has 2 fully saturated rings. The third kappa shape index (κ3) is 8.64. The Balaban J connectivity index is 1.99. The molecule has 6 nitrogen and oxygen atoms in total. The smallest absolute Gasteiger partial charge is 0.410 e. The van der Waals surface area contributed by atoms with Crippen molar-refractivity contribution < 1.29 is 24.0 Å². The van der Waals surface area contributed by atoms with Crippen molar-refractivity contribution in [3.63, 3.8) is 0 Å². The molecule has 0 unspecified atom stereocenters. The van der Waals surface area contributed by atoms with Crippen LogP contribution in [0.4, 0.5) is 4.79 Å². The molecule has 1 atom stereocenters. The lowest BCUT2D eigenvalue weighted by molar-refractivity contribution is -0.423. The Morgan fingerprint density at radius 1 is 1.39 bits per heavy atom. The van der Waals surface area contributed by atoms with Gasteiger partial charge in [0, 0.05) is 13.1 Å². The van der Waals surface area contributed by atoms with E-state index in [0.717, 1.165) is 36.3 Å². The minimum atomic E-state index is -0.482. The largest absolute Gasteiger partial charge is 0.477 e. The lowest BCUT2D eigenvalue weighted by Gasteiger charge is -2.37. The predicted molar refractivity (Wildman–Crippen MR) is 131 cm³/mol. The van der Waals surface area contributed by atoms with Crippen LogP contribution in [0.5, 0.6) is 0 Å². The fourth-order valence-corrected chi connectivity index (χ4v) is 7.05. The molecule has 1 N–H and O–H groups in total. The number of rotatable bonds is 7. The summed E-state index contributed by atoms with van der Waals surface area (Å²) in [6.07, 6.45) is 7.77. The number of carbonyl (C=O) groups excluding carboxylic acids is 1. The SMILES string of the molecule is C=C1CN(C(=O)OC(C)(C)C)CC[C@H]1CCC1(C=[N+](C)/C=C(\O)OCC)SCCCS1. The molecule has 1 amide bonds. The van der Waals surface area contributed by atoms with Crippen molar-refractivity contribution >= 4 is 35.8 Å². The summed E-state index contributed by atoms with van der Waals surface area (Å²) < 4.78 is 12.6. The first-order valence-corrected chi connectivity index (χ1v) is 13.1. The van der Waals surface area contributed by atoms with Gasteiger partial charge in [0.15, 0.2) is 6.21 Å². The first kappa shape index (κ1) is 26.0. The topological polar surface area (TPSA) is 62.0 Å². The molecule has 2 heterocycles. The molecule has 0 bridgehead atoms. The summed E-state index contributed by atoms with van der Waals surface area (Å²) in [5, 5.41) is 9.85. The number of hydrogen-bond acceptors (Lipinski definition) is 6. The molecule has 2 aliphatic heterocycles. The number of piperidine rings is 1. The third-order valence-corrected chi connectivity index (χ3v) is 8.49. The van der Waals surface area contributed by atoms with Gasteiger partial charge in [-0.15, -0.1) is 23.5 Å². The number of nitrogens with zero attached hydrogens (tertiary/aromatic N) is 2. The monoisotopic (exact) mass is 471 g/mol. The molecule has 0 aromatic rings. The van der Waals surface area contributed by atoms with Crippen molar-refractivity contribution in [2.45, 2.75) is 63.1 Å². The maximum Gasteiger partial charge on any atom is 0.410 e. The second-order valence-electron chi connectivity index (χ2n) is 9.14. The van der Waals surface area contributed by atoms with Gasteiger partial charge >= 0.3 is 12.0 Å². The van der Waals surface area contributed by atoms with Crippen LogP contribution in [0.2, 0.25) is 0 Å². The van der Waals surface area contributed by atoms with Crippen LogP contribution in [0.25, 0.3) is 0 Å². The van der Waals surface area contributed by atoms with Crippen molar-refractivity contribution in [1.29, 1.82) is 0 Å². The normalized spacial score (nSPS) is 22.9. The van der Waals surface area contributed by atoms with Crippen LogP contribution in [0.3, 0.4) is 0 Å². The van der Waals surface area contributed by atoms with E-state index in [1.807, 2.05) is 62.8 Å². The Morgan fingerprint density at radius 2 is 2.06 bits per heavy atom. The van der Waals surface area contributed by atoms with Crippen LogP contribution in [-0.2, 0) is 9.47 Å². The molecule has 0 aromatic heterocycles. The lowest BCUT2D eigenvalue weighted by atomic mass is 9.88. The number of aliphatic hydroxyl groups excluding tert-OH is 1. The van der Waals surface area contributed by atoms with Crippen molar-refractivity contribution in [1.82, 2.24) is 4.90 Å². The summed E-state index contributed by atoms with van der Waals surface area (Å²) in [5.41, 5.74) is 0.629. The van der Waals surface area contributed by atoms with E-state index in [4.69, 9.17) is 9.47 Å². The molecular formula is C23H39N2O4S2+. The summed E-state index contributed by atoms with van der Waals surface area (Å²) in [6.45, 7) is 13.5. The van der Waals surface area contributed by atoms with E-state index in [1.165, 1.54) is 6.42 Å². The van der Waals surface area contributed by atoms with E-state index in [0.29, 0.717) is 25.6 Å². The summed E-state index contributed by atoms with van der Waals surface area (Å²) in [4.78, 5) is 14.2. The zero-order valence-corrected chi connectivity index (χ0v) is 21.3. The molecule has 31 heavy (non-hydrogen) atoms. The second kappa shape index (κ2) is 11.5. The van der Waals surface area contributed by atoms with E-state index in [-0.39, 0.29) is 16.1 Å². The van der Waals surface area contributed by atoms with Gasteiger partial charge in [-0.3, -0.25) is 0 Å². The molecule has 8 heteroatoms. The molecule has 2 rings (SSSR count). The van der Waals surface area contributed by atoms with Gasteiger partial charge in [0.1, 0.15) is 16.7 Å². The van der Waals surface area contributed by atoms with Crippen LogP contribution < -0.4 is 0 Å². The van der Waals surface area contributed by atoms with E-state index >= 15 is 0 Å². The number of hydrogen-bond donors (Lipinski definition) is 1. The van der Waals surface area contributed by atoms with Gasteiger partial charge in [-0.25, -0.2) is 9.37 Å². The van der Waals surface area contributed by atoms with Crippen LogP contribution in [0.15, 0.2) is 24.3 Å². The number of aliphatic hydroxyl groups is 1. The third-order valence-electron chi connectivity index (χ3n) is 5.20. The van der Waals surface area contributed by atoms with Crippen LogP contribution in [0, 0.1) is 5.92 Å². The first-order valence-electron chi connectivity index (χ1n) is 11.1. The highest BCUT2D eigenvalue weighted by molar-refractivity contribution is 8.19. The minimum absolute atomic E-state index is 0.0292. The Bertz CT molecular complexity index is 694. The number of likely N-dealkylation sites (tertiary alicyclic amines) is 1. The Morgan fingerprint density at radius 3 is 2.65 bits per heavy atom. The molecular weight excluding hydrogens is 432 g/mol. The maximum atomic E-state index is 12.4. The number of ether oxygens (including phenoxy) is 2.